The zero-order valence-electron chi connectivity index (χ0n) is 52.0. The van der Waals surface area contributed by atoms with Crippen LogP contribution in [0.5, 0.6) is 0 Å². The molecule has 0 bridgehead atoms. The van der Waals surface area contributed by atoms with Crippen LogP contribution in [-0.2, 0) is 4.79 Å². The zero-order chi connectivity index (χ0) is 55.5. The summed E-state index contributed by atoms with van der Waals surface area (Å²) in [5.41, 5.74) is 0. The monoisotopic (exact) mass is 1070 g/mol. The summed E-state index contributed by atoms with van der Waals surface area (Å²) in [7, 11) is 0. The third-order valence-electron chi connectivity index (χ3n) is 15.9. The lowest BCUT2D eigenvalue weighted by Crippen LogP contribution is -2.45. The highest BCUT2D eigenvalue weighted by Gasteiger charge is 2.18. The van der Waals surface area contributed by atoms with Gasteiger partial charge in [0.1, 0.15) is 0 Å². The Balaban J connectivity index is 3.49. The summed E-state index contributed by atoms with van der Waals surface area (Å²) in [4.78, 5) is 12.5. The molecule has 0 aromatic carbocycles. The van der Waals surface area contributed by atoms with Crippen molar-refractivity contribution >= 4 is 5.91 Å². The van der Waals surface area contributed by atoms with E-state index >= 15 is 0 Å². The Morgan fingerprint density at radius 3 is 0.844 bits per heavy atom. The Hall–Kier alpha value is -2.17. The Bertz CT molecular complexity index is 1310. The maximum Gasteiger partial charge on any atom is 0.220 e. The highest BCUT2D eigenvalue weighted by atomic mass is 16.3. The Morgan fingerprint density at radius 2 is 0.545 bits per heavy atom. The molecule has 0 aromatic rings. The molecule has 0 saturated carbocycles. The third-order valence-corrected chi connectivity index (χ3v) is 15.9. The first-order valence-electron chi connectivity index (χ1n) is 34.7. The van der Waals surface area contributed by atoms with Crippen molar-refractivity contribution in [3.05, 3.63) is 72.9 Å². The Kier molecular flexibility index (Phi) is 66.2. The number of aliphatic hydroxyl groups is 2. The van der Waals surface area contributed by atoms with E-state index in [1.165, 1.54) is 295 Å². The van der Waals surface area contributed by atoms with Crippen LogP contribution in [0.15, 0.2) is 72.9 Å². The van der Waals surface area contributed by atoms with Gasteiger partial charge in [0.25, 0.3) is 0 Å². The molecule has 0 aliphatic rings. The summed E-state index contributed by atoms with van der Waals surface area (Å²) in [6.07, 6.45) is 98.5. The van der Waals surface area contributed by atoms with Crippen molar-refractivity contribution in [3.8, 4) is 0 Å². The van der Waals surface area contributed by atoms with Crippen molar-refractivity contribution in [1.82, 2.24) is 5.32 Å². The predicted octanol–water partition coefficient (Wildman–Crippen LogP) is 23.7. The standard InChI is InChI=1S/C73H135NO3/c1-3-5-7-9-11-13-15-17-19-21-23-25-27-29-31-33-35-36-37-38-39-41-43-45-47-49-51-53-55-57-59-61-63-65-67-69-73(77)74-71(70-75)72(76)68-66-64-62-60-58-56-54-52-50-48-46-44-42-40-34-32-30-28-26-24-22-20-18-16-14-12-10-8-6-4-2/h15,17,21,23,27,29,50,52,58,60,66,68,71-72,75-76H,3-14,16,18-20,22,24-26,28,30-49,51,53-57,59,61-65,67,69-70H2,1-2H3,(H,74,77)/b17-15-,23-21-,29-27-,52-50+,60-58+,68-66+. The number of aliphatic hydroxyl groups excluding tert-OH is 2. The quantitative estimate of drug-likeness (QED) is 0.0420. The van der Waals surface area contributed by atoms with E-state index in [1.54, 1.807) is 6.08 Å². The van der Waals surface area contributed by atoms with Crippen LogP contribution in [0.3, 0.4) is 0 Å². The first kappa shape index (κ1) is 74.8. The number of carbonyl (C=O) groups is 1. The molecule has 0 radical (unpaired) electrons. The summed E-state index contributed by atoms with van der Waals surface area (Å²) in [6.45, 7) is 4.32. The highest BCUT2D eigenvalue weighted by Crippen LogP contribution is 2.18. The topological polar surface area (TPSA) is 69.6 Å². The first-order valence-corrected chi connectivity index (χ1v) is 34.7. The molecule has 0 heterocycles. The SMILES string of the molecule is CCCCCCC/C=C\C/C=C\C/C=C\CCCCCCCCCCCCCCCCCCCCCCC(=O)NC(CO)C(O)/C=C/CC/C=C/CC/C=C/CCCCCCCCCCCCCCCCCCCCCC. The average molecular weight is 1070 g/mol. The van der Waals surface area contributed by atoms with Crippen LogP contribution in [0.4, 0.5) is 0 Å². The number of allylic oxidation sites excluding steroid dienone is 11. The molecule has 3 N–H and O–H groups in total. The van der Waals surface area contributed by atoms with Gasteiger partial charge in [-0.05, 0) is 83.5 Å². The van der Waals surface area contributed by atoms with Crippen molar-refractivity contribution in [2.45, 2.75) is 379 Å². The molecule has 0 aliphatic heterocycles. The normalized spacial score (nSPS) is 13.1. The second-order valence-corrected chi connectivity index (χ2v) is 23.6. The van der Waals surface area contributed by atoms with E-state index in [0.717, 1.165) is 51.4 Å². The van der Waals surface area contributed by atoms with Crippen molar-refractivity contribution in [2.24, 2.45) is 0 Å². The van der Waals surface area contributed by atoms with Gasteiger partial charge in [-0.25, -0.2) is 0 Å². The molecule has 0 aromatic heterocycles. The number of nitrogens with one attached hydrogen (secondary N) is 1. The minimum absolute atomic E-state index is 0.0733. The second kappa shape index (κ2) is 68.1. The molecule has 0 aliphatic carbocycles. The number of hydrogen-bond donors (Lipinski definition) is 3. The summed E-state index contributed by atoms with van der Waals surface area (Å²) >= 11 is 0. The minimum Gasteiger partial charge on any atom is -0.394 e. The van der Waals surface area contributed by atoms with Gasteiger partial charge < -0.3 is 15.5 Å². The van der Waals surface area contributed by atoms with Crippen LogP contribution < -0.4 is 5.32 Å². The summed E-state index contributed by atoms with van der Waals surface area (Å²) in [6, 6.07) is -0.649. The lowest BCUT2D eigenvalue weighted by atomic mass is 10.0. The van der Waals surface area contributed by atoms with Crippen molar-refractivity contribution in [1.29, 1.82) is 0 Å². The van der Waals surface area contributed by atoms with E-state index in [1.807, 2.05) is 6.08 Å². The van der Waals surface area contributed by atoms with Crippen molar-refractivity contribution in [2.75, 3.05) is 6.61 Å². The third kappa shape index (κ3) is 64.5. The van der Waals surface area contributed by atoms with Gasteiger partial charge in [-0.1, -0.05) is 350 Å². The zero-order valence-corrected chi connectivity index (χ0v) is 52.0. The Labute approximate surface area is 482 Å². The van der Waals surface area contributed by atoms with E-state index in [4.69, 9.17) is 0 Å². The molecule has 77 heavy (non-hydrogen) atoms. The summed E-state index contributed by atoms with van der Waals surface area (Å²) in [5.74, 6) is -0.0733. The molecule has 450 valence electrons. The number of rotatable bonds is 64. The van der Waals surface area contributed by atoms with Crippen LogP contribution in [0.25, 0.3) is 0 Å². The minimum atomic E-state index is -0.874. The van der Waals surface area contributed by atoms with E-state index in [9.17, 15) is 15.0 Å². The maximum absolute atomic E-state index is 12.5. The van der Waals surface area contributed by atoms with E-state index in [2.05, 4.69) is 79.9 Å². The molecule has 0 rings (SSSR count). The number of unbranched alkanes of at least 4 members (excludes halogenated alkanes) is 47. The maximum atomic E-state index is 12.5. The van der Waals surface area contributed by atoms with Crippen LogP contribution in [0, 0.1) is 0 Å². The van der Waals surface area contributed by atoms with Crippen molar-refractivity contribution < 1.29 is 15.0 Å². The molecule has 2 unspecified atom stereocenters. The molecule has 0 fully saturated rings. The van der Waals surface area contributed by atoms with Gasteiger partial charge in [0, 0.05) is 6.42 Å². The molecular formula is C73H135NO3. The second-order valence-electron chi connectivity index (χ2n) is 23.6. The van der Waals surface area contributed by atoms with Gasteiger partial charge in [-0.2, -0.15) is 0 Å². The van der Waals surface area contributed by atoms with Crippen LogP contribution in [0.2, 0.25) is 0 Å². The van der Waals surface area contributed by atoms with E-state index < -0.39 is 12.1 Å². The fourth-order valence-corrected chi connectivity index (χ4v) is 10.6. The largest absolute Gasteiger partial charge is 0.394 e. The van der Waals surface area contributed by atoms with E-state index in [-0.39, 0.29) is 12.5 Å². The van der Waals surface area contributed by atoms with Crippen LogP contribution >= 0.6 is 0 Å². The van der Waals surface area contributed by atoms with Gasteiger partial charge in [0.2, 0.25) is 5.91 Å². The van der Waals surface area contributed by atoms with Gasteiger partial charge in [-0.15, -0.1) is 0 Å². The summed E-state index contributed by atoms with van der Waals surface area (Å²) < 4.78 is 0. The first-order chi connectivity index (χ1) is 38.2. The summed E-state index contributed by atoms with van der Waals surface area (Å²) in [5, 5.41) is 23.3. The van der Waals surface area contributed by atoms with Gasteiger partial charge in [0.15, 0.2) is 0 Å². The molecule has 2 atom stereocenters. The molecule has 1 amide bonds. The lowest BCUT2D eigenvalue weighted by Gasteiger charge is -2.19. The van der Waals surface area contributed by atoms with Crippen LogP contribution in [0.1, 0.15) is 367 Å². The molecule has 4 heteroatoms. The molecule has 0 saturated heterocycles. The molecular weight excluding hydrogens is 939 g/mol. The number of carbonyl (C=O) groups excluding carboxylic acids is 1. The van der Waals surface area contributed by atoms with Gasteiger partial charge in [0.05, 0.1) is 18.8 Å². The fraction of sp³-hybridized carbons (Fsp3) is 0.822. The lowest BCUT2D eigenvalue weighted by molar-refractivity contribution is -0.123. The molecule has 0 spiro atoms. The average Bonchev–Trinajstić information content (AvgIpc) is 3.43. The van der Waals surface area contributed by atoms with Crippen molar-refractivity contribution in [3.63, 3.8) is 0 Å². The highest BCUT2D eigenvalue weighted by molar-refractivity contribution is 5.76. The predicted molar refractivity (Wildman–Crippen MR) is 345 cm³/mol. The van der Waals surface area contributed by atoms with Gasteiger partial charge in [-0.3, -0.25) is 4.79 Å². The smallest absolute Gasteiger partial charge is 0.220 e. The Morgan fingerprint density at radius 1 is 0.312 bits per heavy atom. The molecule has 4 nitrogen and oxygen atoms in total. The fourth-order valence-electron chi connectivity index (χ4n) is 10.6. The van der Waals surface area contributed by atoms with Gasteiger partial charge >= 0.3 is 0 Å². The van der Waals surface area contributed by atoms with E-state index in [0.29, 0.717) is 6.42 Å². The number of amides is 1. The number of hydrogen-bond acceptors (Lipinski definition) is 3. The van der Waals surface area contributed by atoms with Crippen LogP contribution in [-0.4, -0.2) is 34.9 Å².